The van der Waals surface area contributed by atoms with Crippen LogP contribution in [0.1, 0.15) is 31.4 Å². The highest BCUT2D eigenvalue weighted by atomic mass is 16.7. The number of aliphatic carboxylic acids is 1. The van der Waals surface area contributed by atoms with Crippen LogP contribution in [-0.2, 0) is 9.59 Å². The molecule has 0 aliphatic carbocycles. The molecule has 0 radical (unpaired) electrons. The molecule has 3 rings (SSSR count). The van der Waals surface area contributed by atoms with Gasteiger partial charge in [-0.1, -0.05) is 6.07 Å². The second-order valence-corrected chi connectivity index (χ2v) is 5.20. The summed E-state index contributed by atoms with van der Waals surface area (Å²) in [7, 11) is 0. The Hall–Kier alpha value is -2.24. The molecule has 1 amide bonds. The van der Waals surface area contributed by atoms with Crippen molar-refractivity contribution in [2.45, 2.75) is 25.8 Å². The summed E-state index contributed by atoms with van der Waals surface area (Å²) in [5, 5.41) is 11.4. The van der Waals surface area contributed by atoms with E-state index in [1.807, 2.05) is 6.92 Å². The van der Waals surface area contributed by atoms with Gasteiger partial charge in [0, 0.05) is 24.9 Å². The summed E-state index contributed by atoms with van der Waals surface area (Å²) in [6, 6.07) is 4.77. The summed E-state index contributed by atoms with van der Waals surface area (Å²) >= 11 is 0. The van der Waals surface area contributed by atoms with Crippen LogP contribution >= 0.6 is 0 Å². The Morgan fingerprint density at radius 1 is 1.38 bits per heavy atom. The van der Waals surface area contributed by atoms with Crippen LogP contribution < -0.4 is 14.6 Å². The van der Waals surface area contributed by atoms with Crippen LogP contribution in [0.25, 0.3) is 0 Å². The molecule has 1 aromatic carbocycles. The van der Waals surface area contributed by atoms with Crippen LogP contribution in [0, 0.1) is 5.92 Å². The fourth-order valence-corrected chi connectivity index (χ4v) is 3.08. The molecule has 0 aromatic heterocycles. The fourth-order valence-electron chi connectivity index (χ4n) is 3.08. The zero-order chi connectivity index (χ0) is 15.0. The normalized spacial score (nSPS) is 24.2. The van der Waals surface area contributed by atoms with E-state index in [2.05, 4.69) is 0 Å². The topological polar surface area (TPSA) is 78.9 Å². The van der Waals surface area contributed by atoms with Gasteiger partial charge in [0.25, 0.3) is 0 Å². The van der Waals surface area contributed by atoms with Crippen molar-refractivity contribution in [1.29, 1.82) is 0 Å². The third-order valence-corrected chi connectivity index (χ3v) is 4.09. The van der Waals surface area contributed by atoms with Crippen LogP contribution in [0.4, 0.5) is 0 Å². The molecular weight excluding hydrogens is 274 g/mol. The first-order valence-electron chi connectivity index (χ1n) is 7.01. The molecule has 2 aliphatic heterocycles. The van der Waals surface area contributed by atoms with Crippen molar-refractivity contribution in [3.8, 4) is 11.5 Å². The van der Waals surface area contributed by atoms with E-state index in [0.29, 0.717) is 24.5 Å². The number of nitrogens with zero attached hydrogens (tertiary/aromatic N) is 1. The molecule has 0 saturated carbocycles. The second kappa shape index (κ2) is 5.27. The first kappa shape index (κ1) is 13.7. The predicted octanol–water partition coefficient (Wildman–Crippen LogP) is 0.465. The number of hydrogen-bond donors (Lipinski definition) is 0. The summed E-state index contributed by atoms with van der Waals surface area (Å²) in [4.78, 5) is 25.1. The number of ether oxygens (including phenoxy) is 2. The third kappa shape index (κ3) is 2.30. The molecule has 112 valence electrons. The minimum absolute atomic E-state index is 0.0299. The van der Waals surface area contributed by atoms with Gasteiger partial charge in [-0.15, -0.1) is 0 Å². The minimum Gasteiger partial charge on any atom is -0.550 e. The van der Waals surface area contributed by atoms with Crippen molar-refractivity contribution < 1.29 is 24.2 Å². The SMILES string of the molecule is CCN1C(=O)CC[C@H](C(=O)[O-])[C@@H]1c1ccc2c(c1)OCO2. The average molecular weight is 290 g/mol. The molecule has 2 atom stereocenters. The Morgan fingerprint density at radius 3 is 2.86 bits per heavy atom. The zero-order valence-electron chi connectivity index (χ0n) is 11.7. The molecule has 2 heterocycles. The number of carboxylic acids is 1. The monoisotopic (exact) mass is 290 g/mol. The first-order chi connectivity index (χ1) is 10.1. The van der Waals surface area contributed by atoms with Crippen molar-refractivity contribution >= 4 is 11.9 Å². The second-order valence-electron chi connectivity index (χ2n) is 5.20. The van der Waals surface area contributed by atoms with Gasteiger partial charge < -0.3 is 24.3 Å². The number of carboxylic acid groups (broad SMARTS) is 1. The van der Waals surface area contributed by atoms with E-state index in [1.165, 1.54) is 0 Å². The predicted molar refractivity (Wildman–Crippen MR) is 70.4 cm³/mol. The van der Waals surface area contributed by atoms with E-state index >= 15 is 0 Å². The molecule has 0 bridgehead atoms. The van der Waals surface area contributed by atoms with Gasteiger partial charge in [-0.05, 0) is 31.0 Å². The molecular formula is C15H16NO5-. The van der Waals surface area contributed by atoms with Crippen molar-refractivity contribution in [2.75, 3.05) is 13.3 Å². The van der Waals surface area contributed by atoms with E-state index in [4.69, 9.17) is 9.47 Å². The molecule has 0 unspecified atom stereocenters. The molecule has 6 nitrogen and oxygen atoms in total. The van der Waals surface area contributed by atoms with Gasteiger partial charge >= 0.3 is 0 Å². The lowest BCUT2D eigenvalue weighted by molar-refractivity contribution is -0.314. The number of fused-ring (bicyclic) bond motifs is 1. The van der Waals surface area contributed by atoms with E-state index in [0.717, 1.165) is 5.56 Å². The van der Waals surface area contributed by atoms with Crippen LogP contribution in [0.3, 0.4) is 0 Å². The number of carbonyl (C=O) groups excluding carboxylic acids is 2. The molecule has 0 spiro atoms. The van der Waals surface area contributed by atoms with Crippen LogP contribution in [-0.4, -0.2) is 30.1 Å². The minimum atomic E-state index is -1.12. The smallest absolute Gasteiger partial charge is 0.231 e. The van der Waals surface area contributed by atoms with Gasteiger partial charge in [-0.25, -0.2) is 0 Å². The van der Waals surface area contributed by atoms with E-state index < -0.39 is 17.9 Å². The summed E-state index contributed by atoms with van der Waals surface area (Å²) in [5.74, 6) is -0.642. The summed E-state index contributed by atoms with van der Waals surface area (Å²) in [5.41, 5.74) is 0.739. The number of likely N-dealkylation sites (tertiary alicyclic amines) is 1. The lowest BCUT2D eigenvalue weighted by atomic mass is 9.84. The molecule has 1 saturated heterocycles. The maximum atomic E-state index is 12.1. The van der Waals surface area contributed by atoms with Crippen molar-refractivity contribution in [3.05, 3.63) is 23.8 Å². The van der Waals surface area contributed by atoms with Gasteiger partial charge in [-0.3, -0.25) is 4.79 Å². The quantitative estimate of drug-likeness (QED) is 0.808. The van der Waals surface area contributed by atoms with Crippen LogP contribution in [0.5, 0.6) is 11.5 Å². The summed E-state index contributed by atoms with van der Waals surface area (Å²) < 4.78 is 10.6. The first-order valence-corrected chi connectivity index (χ1v) is 7.01. The van der Waals surface area contributed by atoms with Gasteiger partial charge in [0.15, 0.2) is 11.5 Å². The number of piperidine rings is 1. The Kier molecular flexibility index (Phi) is 3.45. The number of carbonyl (C=O) groups is 2. The van der Waals surface area contributed by atoms with E-state index in [1.54, 1.807) is 23.1 Å². The van der Waals surface area contributed by atoms with E-state index in [9.17, 15) is 14.7 Å². The molecule has 1 fully saturated rings. The van der Waals surface area contributed by atoms with Gasteiger partial charge in [0.05, 0.1) is 6.04 Å². The number of rotatable bonds is 3. The van der Waals surface area contributed by atoms with Crippen LogP contribution in [0.15, 0.2) is 18.2 Å². The Morgan fingerprint density at radius 2 is 2.14 bits per heavy atom. The molecule has 0 N–H and O–H groups in total. The lowest BCUT2D eigenvalue weighted by Crippen LogP contribution is -2.48. The van der Waals surface area contributed by atoms with Crippen molar-refractivity contribution in [3.63, 3.8) is 0 Å². The largest absolute Gasteiger partial charge is 0.550 e. The number of amides is 1. The van der Waals surface area contributed by atoms with Gasteiger partial charge in [-0.2, -0.15) is 0 Å². The Balaban J connectivity index is 2.01. The molecule has 1 aromatic rings. The van der Waals surface area contributed by atoms with Crippen molar-refractivity contribution in [2.24, 2.45) is 5.92 Å². The number of hydrogen-bond acceptors (Lipinski definition) is 5. The maximum Gasteiger partial charge on any atom is 0.231 e. The highest BCUT2D eigenvalue weighted by Gasteiger charge is 2.37. The highest BCUT2D eigenvalue weighted by Crippen LogP contribution is 2.40. The molecule has 2 aliphatic rings. The standard InChI is InChI=1S/C15H17NO5/c1-2-16-13(17)6-4-10(15(18)19)14(16)9-3-5-11-12(7-9)21-8-20-11/h3,5,7,10,14H,2,4,6,8H2,1H3,(H,18,19)/p-1/t10-,14-/m0/s1. The van der Waals surface area contributed by atoms with Gasteiger partial charge in [0.2, 0.25) is 12.7 Å². The zero-order valence-corrected chi connectivity index (χ0v) is 11.7. The average Bonchev–Trinajstić information content (AvgIpc) is 2.93. The summed E-state index contributed by atoms with van der Waals surface area (Å²) in [6.45, 7) is 2.46. The van der Waals surface area contributed by atoms with E-state index in [-0.39, 0.29) is 19.1 Å². The third-order valence-electron chi connectivity index (χ3n) is 4.09. The Bertz CT molecular complexity index is 583. The molecule has 6 heteroatoms. The number of benzene rings is 1. The lowest BCUT2D eigenvalue weighted by Gasteiger charge is -2.41. The molecule has 21 heavy (non-hydrogen) atoms. The Labute approximate surface area is 122 Å². The van der Waals surface area contributed by atoms with Crippen LogP contribution in [0.2, 0.25) is 0 Å². The fraction of sp³-hybridized carbons (Fsp3) is 0.467. The van der Waals surface area contributed by atoms with Crippen molar-refractivity contribution in [1.82, 2.24) is 4.90 Å². The summed E-state index contributed by atoms with van der Waals surface area (Å²) in [6.07, 6.45) is 0.546. The highest BCUT2D eigenvalue weighted by molar-refractivity contribution is 5.81. The van der Waals surface area contributed by atoms with Gasteiger partial charge in [0.1, 0.15) is 0 Å². The maximum absolute atomic E-state index is 12.1.